The molecule has 1 aliphatic rings. The first-order valence-corrected chi connectivity index (χ1v) is 9.03. The number of amides is 1. The van der Waals surface area contributed by atoms with Crippen molar-refractivity contribution in [3.63, 3.8) is 0 Å². The van der Waals surface area contributed by atoms with Crippen molar-refractivity contribution < 1.29 is 17.9 Å². The summed E-state index contributed by atoms with van der Waals surface area (Å²) < 4.78 is 30.0. The van der Waals surface area contributed by atoms with Gasteiger partial charge in [-0.25, -0.2) is 13.2 Å². The Morgan fingerprint density at radius 3 is 2.60 bits per heavy atom. The molecule has 132 valence electrons. The quantitative estimate of drug-likeness (QED) is 0.714. The van der Waals surface area contributed by atoms with Crippen LogP contribution >= 0.6 is 0 Å². The highest BCUT2D eigenvalue weighted by atomic mass is 32.2. The number of fused-ring (bicyclic) bond motifs is 1. The van der Waals surface area contributed by atoms with Crippen molar-refractivity contribution in [3.05, 3.63) is 29.8 Å². The van der Waals surface area contributed by atoms with Crippen LogP contribution in [0.15, 0.2) is 24.3 Å². The smallest absolute Gasteiger partial charge is 0.404 e. The number of nitrogens with one attached hydrogen (secondary N) is 1. The van der Waals surface area contributed by atoms with Crippen molar-refractivity contribution >= 4 is 33.7 Å². The van der Waals surface area contributed by atoms with Crippen LogP contribution in [-0.4, -0.2) is 31.6 Å². The number of aromatic nitrogens is 1. The first-order valence-electron chi connectivity index (χ1n) is 7.90. The van der Waals surface area contributed by atoms with E-state index >= 15 is 0 Å². The van der Waals surface area contributed by atoms with Crippen molar-refractivity contribution in [2.24, 2.45) is 5.73 Å². The molecule has 1 aliphatic carbocycles. The first-order chi connectivity index (χ1) is 12.0. The number of nitrogens with zero attached hydrogens (tertiary/aromatic N) is 2. The van der Waals surface area contributed by atoms with Gasteiger partial charge in [-0.15, -0.1) is 0 Å². The molecule has 3 rings (SSSR count). The minimum absolute atomic E-state index is 0.211. The summed E-state index contributed by atoms with van der Waals surface area (Å²) >= 11 is 0. The van der Waals surface area contributed by atoms with Crippen LogP contribution < -0.4 is 10.0 Å². The third kappa shape index (κ3) is 3.69. The number of ether oxygens (including phenoxy) is 1. The fourth-order valence-corrected chi connectivity index (χ4v) is 4.08. The fraction of sp³-hybridized carbons (Fsp3) is 0.375. The van der Waals surface area contributed by atoms with Crippen LogP contribution in [0.2, 0.25) is 0 Å². The van der Waals surface area contributed by atoms with E-state index in [0.717, 1.165) is 5.39 Å². The number of thiol groups is 1. The lowest BCUT2D eigenvalue weighted by atomic mass is 9.93. The van der Waals surface area contributed by atoms with Gasteiger partial charge >= 0.3 is 6.09 Å². The minimum atomic E-state index is -2.84. The predicted octanol–water partition coefficient (Wildman–Crippen LogP) is 1.78. The van der Waals surface area contributed by atoms with Crippen LogP contribution in [0.5, 0.6) is 0 Å². The summed E-state index contributed by atoms with van der Waals surface area (Å²) in [7, 11) is -2.84. The zero-order valence-corrected chi connectivity index (χ0v) is 14.2. The van der Waals surface area contributed by atoms with Gasteiger partial charge in [0.1, 0.15) is 11.9 Å². The number of carbonyl (C=O) groups excluding carboxylic acids is 1. The highest BCUT2D eigenvalue weighted by Gasteiger charge is 2.30. The number of nitrogens with two attached hydrogens (primary N) is 1. The van der Waals surface area contributed by atoms with Crippen LogP contribution in [0.25, 0.3) is 10.9 Å². The summed E-state index contributed by atoms with van der Waals surface area (Å²) in [5.41, 5.74) is 6.24. The third-order valence-corrected chi connectivity index (χ3v) is 5.33. The molecule has 0 radical (unpaired) electrons. The van der Waals surface area contributed by atoms with Gasteiger partial charge in [0, 0.05) is 16.9 Å². The number of carbonyl (C=O) groups is 1. The SMILES string of the molecule is N#Cc1ccc2cc(N([C@H]3CC[C@H](OC(N)=O)CC3)[SH](=O)=O)[nH]c2c1. The molecule has 0 bridgehead atoms. The van der Waals surface area contributed by atoms with Gasteiger partial charge in [0.25, 0.3) is 0 Å². The molecule has 8 nitrogen and oxygen atoms in total. The standard InChI is InChI=1S/C16H18N4O4S/c17-9-10-1-2-11-8-15(19-14(11)7-10)20(25(22)23)12-3-5-13(6-4-12)24-16(18)21/h1-2,7-8,12-13,19,25H,3-6H2,(H2,18,21)/t12-,13-. The number of benzene rings is 1. The van der Waals surface area contributed by atoms with Gasteiger partial charge in [-0.1, -0.05) is 6.07 Å². The van der Waals surface area contributed by atoms with E-state index < -0.39 is 17.0 Å². The Bertz CT molecular complexity index is 898. The summed E-state index contributed by atoms with van der Waals surface area (Å²) in [4.78, 5) is 13.9. The highest BCUT2D eigenvalue weighted by molar-refractivity contribution is 7.74. The van der Waals surface area contributed by atoms with Crippen molar-refractivity contribution in [1.82, 2.24) is 4.98 Å². The molecule has 1 aromatic heterocycles. The molecule has 2 aromatic rings. The molecule has 0 aliphatic heterocycles. The Balaban J connectivity index is 1.83. The maximum absolute atomic E-state index is 11.8. The number of aromatic amines is 1. The highest BCUT2D eigenvalue weighted by Crippen LogP contribution is 2.30. The van der Waals surface area contributed by atoms with Gasteiger partial charge in [-0.3, -0.25) is 4.31 Å². The maximum atomic E-state index is 11.8. The second-order valence-electron chi connectivity index (χ2n) is 6.02. The summed E-state index contributed by atoms with van der Waals surface area (Å²) in [6.07, 6.45) is 1.19. The van der Waals surface area contributed by atoms with E-state index in [1.807, 2.05) is 0 Å². The zero-order chi connectivity index (χ0) is 18.0. The largest absolute Gasteiger partial charge is 0.446 e. The molecule has 0 spiro atoms. The van der Waals surface area contributed by atoms with E-state index in [4.69, 9.17) is 15.7 Å². The van der Waals surface area contributed by atoms with Crippen molar-refractivity contribution in [3.8, 4) is 6.07 Å². The van der Waals surface area contributed by atoms with Crippen LogP contribution in [-0.2, 0) is 15.6 Å². The Morgan fingerprint density at radius 2 is 2.00 bits per heavy atom. The first kappa shape index (κ1) is 17.1. The molecule has 25 heavy (non-hydrogen) atoms. The van der Waals surface area contributed by atoms with Gasteiger partial charge in [-0.05, 0) is 43.9 Å². The fourth-order valence-electron chi connectivity index (χ4n) is 3.29. The lowest BCUT2D eigenvalue weighted by Gasteiger charge is -2.33. The van der Waals surface area contributed by atoms with Gasteiger partial charge in [0.15, 0.2) is 0 Å². The van der Waals surface area contributed by atoms with Gasteiger partial charge in [0.2, 0.25) is 10.9 Å². The summed E-state index contributed by atoms with van der Waals surface area (Å²) in [5.74, 6) is 0.473. The molecule has 1 saturated carbocycles. The number of hydrogen-bond acceptors (Lipinski definition) is 5. The van der Waals surface area contributed by atoms with Crippen molar-refractivity contribution in [2.75, 3.05) is 4.31 Å². The van der Waals surface area contributed by atoms with E-state index in [1.165, 1.54) is 4.31 Å². The van der Waals surface area contributed by atoms with Crippen LogP contribution in [0.4, 0.5) is 10.6 Å². The molecule has 1 heterocycles. The molecular formula is C16H18N4O4S. The Kier molecular flexibility index (Phi) is 4.81. The van der Waals surface area contributed by atoms with Crippen molar-refractivity contribution in [2.45, 2.75) is 37.8 Å². The summed E-state index contributed by atoms with van der Waals surface area (Å²) in [6.45, 7) is 0. The van der Waals surface area contributed by atoms with Crippen LogP contribution in [0.1, 0.15) is 31.2 Å². The average Bonchev–Trinajstić information content (AvgIpc) is 2.98. The van der Waals surface area contributed by atoms with Crippen molar-refractivity contribution in [1.29, 1.82) is 5.26 Å². The summed E-state index contributed by atoms with van der Waals surface area (Å²) in [5, 5.41) is 9.81. The molecule has 9 heteroatoms. The van der Waals surface area contributed by atoms with Gasteiger partial charge in [-0.2, -0.15) is 5.26 Å². The number of rotatable bonds is 4. The Hall–Kier alpha value is -2.73. The number of nitriles is 1. The number of primary amides is 1. The van der Waals surface area contributed by atoms with E-state index in [-0.39, 0.29) is 12.1 Å². The van der Waals surface area contributed by atoms with E-state index in [9.17, 15) is 13.2 Å². The lowest BCUT2D eigenvalue weighted by Crippen LogP contribution is -2.39. The molecule has 3 N–H and O–H groups in total. The second-order valence-corrected chi connectivity index (χ2v) is 6.92. The van der Waals surface area contributed by atoms with E-state index in [2.05, 4.69) is 11.1 Å². The van der Waals surface area contributed by atoms with E-state index in [1.54, 1.807) is 24.3 Å². The molecule has 0 saturated heterocycles. The number of hydrogen-bond donors (Lipinski definition) is 3. The van der Waals surface area contributed by atoms with Gasteiger partial charge in [0.05, 0.1) is 11.6 Å². The van der Waals surface area contributed by atoms with Gasteiger partial charge < -0.3 is 15.5 Å². The van der Waals surface area contributed by atoms with Crippen LogP contribution in [0, 0.1) is 11.3 Å². The van der Waals surface area contributed by atoms with Crippen LogP contribution in [0.3, 0.4) is 0 Å². The maximum Gasteiger partial charge on any atom is 0.404 e. The minimum Gasteiger partial charge on any atom is -0.446 e. The molecule has 1 amide bonds. The summed E-state index contributed by atoms with van der Waals surface area (Å²) in [6, 6.07) is 8.76. The zero-order valence-electron chi connectivity index (χ0n) is 13.3. The molecule has 1 aromatic carbocycles. The number of H-pyrrole nitrogens is 1. The molecule has 0 unspecified atom stereocenters. The second kappa shape index (κ2) is 7.03. The molecular weight excluding hydrogens is 344 g/mol. The predicted molar refractivity (Wildman–Crippen MR) is 92.5 cm³/mol. The molecule has 1 fully saturated rings. The Labute approximate surface area is 146 Å². The lowest BCUT2D eigenvalue weighted by molar-refractivity contribution is 0.0795. The topological polar surface area (TPSA) is 129 Å². The van der Waals surface area contributed by atoms with E-state index in [0.29, 0.717) is 42.6 Å². The normalized spacial score (nSPS) is 20.3. The monoisotopic (exact) mass is 362 g/mol. The molecule has 0 atom stereocenters. The third-order valence-electron chi connectivity index (χ3n) is 4.43. The number of anilines is 1. The Morgan fingerprint density at radius 1 is 1.28 bits per heavy atom. The average molecular weight is 362 g/mol.